The molecule has 3 heteroatoms. The van der Waals surface area contributed by atoms with Gasteiger partial charge in [-0.15, -0.1) is 0 Å². The molecule has 2 rings (SSSR count). The third-order valence-corrected chi connectivity index (χ3v) is 1.35. The van der Waals surface area contributed by atoms with Gasteiger partial charge in [-0.2, -0.15) is 5.10 Å². The van der Waals surface area contributed by atoms with Crippen molar-refractivity contribution in [1.82, 2.24) is 14.6 Å². The van der Waals surface area contributed by atoms with Crippen molar-refractivity contribution >= 4 is 5.65 Å². The normalized spacial score (nSPS) is 8.50. The molecule has 104 valence electrons. The smallest absolute Gasteiger partial charge is 0.155 e. The van der Waals surface area contributed by atoms with Crippen molar-refractivity contribution in [3.05, 3.63) is 30.2 Å². The molecule has 2 aromatic rings. The first-order valence-electron chi connectivity index (χ1n) is 6.87. The average Bonchev–Trinajstić information content (AvgIpc) is 2.73. The van der Waals surface area contributed by atoms with Gasteiger partial charge in [0, 0.05) is 6.20 Å². The quantitative estimate of drug-likeness (QED) is 0.676. The highest BCUT2D eigenvalue weighted by Gasteiger charge is 1.93. The number of hydrogen-bond acceptors (Lipinski definition) is 2. The zero-order valence-electron chi connectivity index (χ0n) is 13.2. The van der Waals surface area contributed by atoms with Crippen LogP contribution in [0.4, 0.5) is 0 Å². The van der Waals surface area contributed by atoms with Crippen LogP contribution in [0.1, 0.15) is 54.3 Å². The van der Waals surface area contributed by atoms with Gasteiger partial charge in [0.1, 0.15) is 5.82 Å². The summed E-state index contributed by atoms with van der Waals surface area (Å²) in [5.41, 5.74) is 0.903. The number of nitrogens with zero attached hydrogens (tertiary/aromatic N) is 3. The van der Waals surface area contributed by atoms with E-state index in [1.807, 2.05) is 59.0 Å². The Bertz CT molecular complexity index is 356. The lowest BCUT2D eigenvalue weighted by Gasteiger charge is -1.84. The van der Waals surface area contributed by atoms with Gasteiger partial charge < -0.3 is 0 Å². The Morgan fingerprint density at radius 2 is 1.50 bits per heavy atom. The molecule has 2 heterocycles. The summed E-state index contributed by atoms with van der Waals surface area (Å²) in [6.45, 7) is 16.4. The monoisotopic (exact) mass is 251 g/mol. The van der Waals surface area contributed by atoms with Gasteiger partial charge in [-0.3, -0.25) is 0 Å². The zero-order chi connectivity index (χ0) is 14.6. The van der Waals surface area contributed by atoms with Gasteiger partial charge in [0.05, 0.1) is 0 Å². The molecule has 0 spiro atoms. The molecule has 0 aliphatic carbocycles. The second-order valence-corrected chi connectivity index (χ2v) is 3.89. The van der Waals surface area contributed by atoms with Gasteiger partial charge in [0.25, 0.3) is 0 Å². The Hall–Kier alpha value is -1.38. The molecule has 3 nitrogen and oxygen atoms in total. The molecule has 0 atom stereocenters. The molecule has 2 aromatic heterocycles. The summed E-state index contributed by atoms with van der Waals surface area (Å²) in [6, 6.07) is 5.81. The molecule has 0 amide bonds. The molecule has 0 saturated heterocycles. The van der Waals surface area contributed by atoms with E-state index in [1.165, 1.54) is 0 Å². The minimum Gasteiger partial charge on any atom is -0.221 e. The fourth-order valence-corrected chi connectivity index (χ4v) is 0.943. The van der Waals surface area contributed by atoms with Crippen LogP contribution in [0.15, 0.2) is 24.4 Å². The first-order chi connectivity index (χ1) is 8.59. The van der Waals surface area contributed by atoms with Crippen LogP contribution < -0.4 is 0 Å². The van der Waals surface area contributed by atoms with Crippen molar-refractivity contribution in [1.29, 1.82) is 0 Å². The van der Waals surface area contributed by atoms with Gasteiger partial charge in [0.15, 0.2) is 5.65 Å². The van der Waals surface area contributed by atoms with Crippen LogP contribution in [0.25, 0.3) is 5.65 Å². The average molecular weight is 251 g/mol. The summed E-state index contributed by atoms with van der Waals surface area (Å²) in [4.78, 5) is 4.16. The van der Waals surface area contributed by atoms with Gasteiger partial charge in [-0.25, -0.2) is 9.50 Å². The largest absolute Gasteiger partial charge is 0.221 e. The van der Waals surface area contributed by atoms with E-state index < -0.39 is 0 Å². The summed E-state index contributed by atoms with van der Waals surface area (Å²) in [7, 11) is 0. The van der Waals surface area contributed by atoms with Crippen LogP contribution in [-0.2, 0) is 0 Å². The van der Waals surface area contributed by atoms with E-state index in [-0.39, 0.29) is 0 Å². The van der Waals surface area contributed by atoms with Crippen molar-refractivity contribution in [2.24, 2.45) is 5.92 Å². The van der Waals surface area contributed by atoms with E-state index in [0.29, 0.717) is 0 Å². The molecule has 0 aliphatic heterocycles. The van der Waals surface area contributed by atoms with Gasteiger partial charge in [-0.1, -0.05) is 54.5 Å². The van der Waals surface area contributed by atoms with Crippen LogP contribution >= 0.6 is 0 Å². The van der Waals surface area contributed by atoms with Crippen molar-refractivity contribution in [3.8, 4) is 0 Å². The van der Waals surface area contributed by atoms with Crippen LogP contribution in [0.3, 0.4) is 0 Å². The fraction of sp³-hybridized carbons (Fsp3) is 0.600. The second kappa shape index (κ2) is 12.1. The van der Waals surface area contributed by atoms with Crippen LogP contribution in [0.2, 0.25) is 0 Å². The molecule has 0 radical (unpaired) electrons. The Morgan fingerprint density at radius 3 is 1.94 bits per heavy atom. The Morgan fingerprint density at radius 1 is 1.00 bits per heavy atom. The molecular formula is C15H29N3. The molecule has 0 bridgehead atoms. The molecule has 0 fully saturated rings. The minimum absolute atomic E-state index is 0.811. The van der Waals surface area contributed by atoms with E-state index in [1.54, 1.807) is 4.52 Å². The summed E-state index contributed by atoms with van der Waals surface area (Å²) in [5.74, 6) is 1.64. The molecule has 0 N–H and O–H groups in total. The SMILES string of the molecule is CC.CC.CC(C)C.Cc1nc2ccccn2n1. The molecule has 0 aromatic carbocycles. The van der Waals surface area contributed by atoms with E-state index in [0.717, 1.165) is 17.4 Å². The number of aryl methyl sites for hydroxylation is 1. The van der Waals surface area contributed by atoms with E-state index in [2.05, 4.69) is 30.9 Å². The lowest BCUT2D eigenvalue weighted by atomic mass is 10.3. The van der Waals surface area contributed by atoms with E-state index in [9.17, 15) is 0 Å². The van der Waals surface area contributed by atoms with Crippen LogP contribution in [0, 0.1) is 12.8 Å². The van der Waals surface area contributed by atoms with Crippen LogP contribution in [-0.4, -0.2) is 14.6 Å². The highest BCUT2D eigenvalue weighted by molar-refractivity contribution is 5.35. The Kier molecular flexibility index (Phi) is 12.7. The first-order valence-corrected chi connectivity index (χ1v) is 6.87. The zero-order valence-corrected chi connectivity index (χ0v) is 13.2. The Labute approximate surface area is 112 Å². The predicted molar refractivity (Wildman–Crippen MR) is 80.9 cm³/mol. The maximum absolute atomic E-state index is 4.16. The topological polar surface area (TPSA) is 30.2 Å². The van der Waals surface area contributed by atoms with Crippen LogP contribution in [0.5, 0.6) is 0 Å². The summed E-state index contributed by atoms with van der Waals surface area (Å²) >= 11 is 0. The van der Waals surface area contributed by atoms with Crippen molar-refractivity contribution in [3.63, 3.8) is 0 Å². The molecule has 0 unspecified atom stereocenters. The number of rotatable bonds is 0. The van der Waals surface area contributed by atoms with Gasteiger partial charge >= 0.3 is 0 Å². The third-order valence-electron chi connectivity index (χ3n) is 1.35. The Balaban J connectivity index is 0. The maximum Gasteiger partial charge on any atom is 0.155 e. The fourth-order valence-electron chi connectivity index (χ4n) is 0.943. The summed E-state index contributed by atoms with van der Waals surface area (Å²) < 4.78 is 1.76. The number of aromatic nitrogens is 3. The molecule has 0 saturated carbocycles. The predicted octanol–water partition coefficient (Wildman–Crippen LogP) is 4.75. The third kappa shape index (κ3) is 8.74. The number of pyridine rings is 1. The lowest BCUT2D eigenvalue weighted by molar-refractivity contribution is 0.737. The maximum atomic E-state index is 4.16. The summed E-state index contributed by atoms with van der Waals surface area (Å²) in [5, 5.41) is 4.12. The molecule has 0 aliphatic rings. The minimum atomic E-state index is 0.811. The lowest BCUT2D eigenvalue weighted by Crippen LogP contribution is -1.83. The standard InChI is InChI=1S/C7H7N3.C4H10.2C2H6/c1-6-8-7-4-2-3-5-10(7)9-6;1-4(2)3;2*1-2/h2-5H,1H3;4H,1-3H3;2*1-2H3. The highest BCUT2D eigenvalue weighted by Crippen LogP contribution is 1.97. The molecular weight excluding hydrogens is 222 g/mol. The number of fused-ring (bicyclic) bond motifs is 1. The van der Waals surface area contributed by atoms with Gasteiger partial charge in [-0.05, 0) is 25.0 Å². The first kappa shape index (κ1) is 19.0. The number of hydrogen-bond donors (Lipinski definition) is 0. The highest BCUT2D eigenvalue weighted by atomic mass is 15.3. The van der Waals surface area contributed by atoms with Crippen molar-refractivity contribution < 1.29 is 0 Å². The van der Waals surface area contributed by atoms with Gasteiger partial charge in [0.2, 0.25) is 0 Å². The van der Waals surface area contributed by atoms with Crippen molar-refractivity contribution in [2.45, 2.75) is 55.4 Å². The second-order valence-electron chi connectivity index (χ2n) is 3.89. The summed E-state index contributed by atoms with van der Waals surface area (Å²) in [6.07, 6.45) is 1.88. The van der Waals surface area contributed by atoms with E-state index >= 15 is 0 Å². The van der Waals surface area contributed by atoms with E-state index in [4.69, 9.17) is 0 Å². The van der Waals surface area contributed by atoms with Crippen molar-refractivity contribution in [2.75, 3.05) is 0 Å². The molecule has 18 heavy (non-hydrogen) atoms.